The Morgan fingerprint density at radius 3 is 2.30 bits per heavy atom. The number of hydrogen-bond donors (Lipinski definition) is 0. The number of aryl methyl sites for hydroxylation is 2. The van der Waals surface area contributed by atoms with Crippen molar-refractivity contribution in [3.05, 3.63) is 114 Å². The van der Waals surface area contributed by atoms with E-state index >= 15 is 0 Å². The van der Waals surface area contributed by atoms with Gasteiger partial charge in [0.1, 0.15) is 17.2 Å². The van der Waals surface area contributed by atoms with Crippen molar-refractivity contribution in [2.24, 2.45) is 0 Å². The molecule has 1 radical (unpaired) electrons. The van der Waals surface area contributed by atoms with Crippen molar-refractivity contribution in [3.8, 4) is 22.5 Å². The van der Waals surface area contributed by atoms with Gasteiger partial charge in [0.25, 0.3) is 0 Å². The third-order valence-electron chi connectivity index (χ3n) is 7.12. The van der Waals surface area contributed by atoms with Crippen LogP contribution in [-0.4, -0.2) is 23.2 Å². The van der Waals surface area contributed by atoms with Crippen molar-refractivity contribution < 1.29 is 41.5 Å². The summed E-state index contributed by atoms with van der Waals surface area (Å²) in [4.78, 5) is 8.63. The van der Waals surface area contributed by atoms with Crippen LogP contribution >= 0.6 is 0 Å². The zero-order valence-electron chi connectivity index (χ0n) is 31.3. The van der Waals surface area contributed by atoms with E-state index < -0.39 is 27.0 Å². The first-order valence-electron chi connectivity index (χ1n) is 16.9. The van der Waals surface area contributed by atoms with E-state index in [2.05, 4.69) is 39.4 Å². The van der Waals surface area contributed by atoms with Gasteiger partial charge in [-0.25, -0.2) is 8.78 Å². The summed E-state index contributed by atoms with van der Waals surface area (Å²) in [6, 6.07) is 22.0. The maximum absolute atomic E-state index is 14.2. The minimum absolute atomic E-state index is 0. The van der Waals surface area contributed by atoms with Crippen LogP contribution in [0.3, 0.4) is 0 Å². The summed E-state index contributed by atoms with van der Waals surface area (Å²) in [5.74, 6) is 5.69. The van der Waals surface area contributed by atoms with E-state index in [1.807, 2.05) is 26.8 Å². The Kier molecular flexibility index (Phi) is 7.73. The van der Waals surface area contributed by atoms with Crippen molar-refractivity contribution in [2.45, 2.75) is 57.2 Å². The quantitative estimate of drug-likeness (QED) is 0.132. The molecule has 0 aliphatic carbocycles. The van der Waals surface area contributed by atoms with Crippen LogP contribution in [0.15, 0.2) is 77.5 Å². The van der Waals surface area contributed by atoms with Crippen molar-refractivity contribution in [1.82, 2.24) is 9.97 Å². The second kappa shape index (κ2) is 13.0. The summed E-state index contributed by atoms with van der Waals surface area (Å²) in [5.41, 5.74) is 4.09. The molecule has 3 aromatic carbocycles. The van der Waals surface area contributed by atoms with Crippen molar-refractivity contribution >= 4 is 39.6 Å². The van der Waals surface area contributed by atoms with Crippen LogP contribution in [0.25, 0.3) is 44.5 Å². The van der Waals surface area contributed by atoms with Gasteiger partial charge in [-0.1, -0.05) is 37.8 Å². The first kappa shape index (κ1) is 26.1. The molecule has 7 heteroatoms. The van der Waals surface area contributed by atoms with E-state index in [-0.39, 0.29) is 42.7 Å². The fourth-order valence-electron chi connectivity index (χ4n) is 4.84. The predicted octanol–water partition coefficient (Wildman–Crippen LogP) is 9.73. The zero-order chi connectivity index (χ0) is 36.1. The van der Waals surface area contributed by atoms with Crippen LogP contribution in [0.4, 0.5) is 8.78 Å². The standard InChI is InChI=1S/C21H16F2NO.C16H20GeN.Ir/c1-21(2,3)16-10-18(24-11-17(16)23)15-6-4-5-14-13-8-7-12(22)9-19(13)25-20(14)15;1-12-6-8-14(9-7-12)16-10-13(2)15(11-18-16)17(3,4)5;/h4-5,7-11H,1-3H3;6-8,10-11H,1-5H3;/q2*-1;/i;1D3,2D3;. The second-order valence-corrected chi connectivity index (χ2v) is 23.1. The molecule has 6 rings (SSSR count). The van der Waals surface area contributed by atoms with Gasteiger partial charge in [-0.3, -0.25) is 0 Å². The molecule has 0 saturated heterocycles. The summed E-state index contributed by atoms with van der Waals surface area (Å²) < 4.78 is 80.0. The molecule has 0 bridgehead atoms. The topological polar surface area (TPSA) is 38.9 Å². The van der Waals surface area contributed by atoms with Gasteiger partial charge in [-0.05, 0) is 28.8 Å². The van der Waals surface area contributed by atoms with E-state index in [0.29, 0.717) is 44.8 Å². The number of nitrogens with zero attached hydrogens (tertiary/aromatic N) is 2. The normalized spacial score (nSPS) is 14.3. The SMILES string of the molecule is CC(C)(C)c1cc(-c2[c-]ccc3c2oc2cc(F)ccc23)ncc1F.[2H]C([2H])([2H])c1c[c-]c(-c2cc(C([2H])([2H])[2H])[c]([Ge]([CH3])([CH3])[CH3])cn2)cc1.[Ir]. The Morgan fingerprint density at radius 1 is 0.864 bits per heavy atom. The Morgan fingerprint density at radius 2 is 1.64 bits per heavy atom. The molecular formula is C37H36F2GeIrN2O-2. The molecule has 0 spiro atoms. The summed E-state index contributed by atoms with van der Waals surface area (Å²) in [6.07, 6.45) is 2.90. The molecule has 0 unspecified atom stereocenters. The molecule has 0 aliphatic heterocycles. The van der Waals surface area contributed by atoms with Gasteiger partial charge in [0.15, 0.2) is 0 Å². The number of halogens is 2. The number of rotatable bonds is 3. The first-order valence-corrected chi connectivity index (χ1v) is 21.2. The monoisotopic (exact) mass is 835 g/mol. The molecule has 0 aliphatic rings. The number of hydrogen-bond acceptors (Lipinski definition) is 3. The van der Waals surface area contributed by atoms with Crippen molar-refractivity contribution in [1.29, 1.82) is 0 Å². The molecule has 3 nitrogen and oxygen atoms in total. The fraction of sp³-hybridized carbons (Fsp3) is 0.243. The van der Waals surface area contributed by atoms with E-state index in [9.17, 15) is 8.78 Å². The van der Waals surface area contributed by atoms with Gasteiger partial charge >= 0.3 is 121 Å². The van der Waals surface area contributed by atoms with Crippen molar-refractivity contribution in [3.63, 3.8) is 0 Å². The molecule has 44 heavy (non-hydrogen) atoms. The first-order chi connectivity index (χ1) is 22.6. The maximum Gasteiger partial charge on any atom is 0 e. The molecule has 0 amide bonds. The molecule has 3 aromatic heterocycles. The summed E-state index contributed by atoms with van der Waals surface area (Å²) in [7, 11) is 0. The molecule has 229 valence electrons. The largest absolute Gasteiger partial charge is 0 e. The average Bonchev–Trinajstić information content (AvgIpc) is 3.37. The van der Waals surface area contributed by atoms with Gasteiger partial charge in [-0.2, -0.15) is 0 Å². The van der Waals surface area contributed by atoms with E-state index in [0.717, 1.165) is 15.2 Å². The Balaban J connectivity index is 0.000000221. The molecule has 0 saturated carbocycles. The van der Waals surface area contributed by atoms with Gasteiger partial charge in [0.05, 0.1) is 11.8 Å². The number of aromatic nitrogens is 2. The molecule has 6 aromatic rings. The Hall–Kier alpha value is -3.19. The number of furan rings is 1. The zero-order valence-corrected chi connectivity index (χ0v) is 29.8. The third kappa shape index (κ3) is 7.20. The van der Waals surface area contributed by atoms with Gasteiger partial charge < -0.3 is 9.40 Å². The minimum Gasteiger partial charge on any atom is 0 e. The number of benzene rings is 3. The van der Waals surface area contributed by atoms with E-state index in [4.69, 9.17) is 12.6 Å². The van der Waals surface area contributed by atoms with Crippen LogP contribution < -0.4 is 4.40 Å². The van der Waals surface area contributed by atoms with E-state index in [1.165, 1.54) is 30.5 Å². The molecule has 3 heterocycles. The molecular weight excluding hydrogens is 791 g/mol. The van der Waals surface area contributed by atoms with Gasteiger partial charge in [-0.15, -0.1) is 18.2 Å². The summed E-state index contributed by atoms with van der Waals surface area (Å²) in [5, 5.41) is 1.68. The fourth-order valence-corrected chi connectivity index (χ4v) is 7.64. The molecule has 0 N–H and O–H groups in total. The van der Waals surface area contributed by atoms with Crippen LogP contribution in [0.2, 0.25) is 17.3 Å². The van der Waals surface area contributed by atoms with E-state index in [1.54, 1.807) is 36.5 Å². The molecule has 0 atom stereocenters. The van der Waals surface area contributed by atoms with Gasteiger partial charge in [0, 0.05) is 31.6 Å². The minimum atomic E-state index is -2.38. The van der Waals surface area contributed by atoms with Crippen molar-refractivity contribution in [2.75, 3.05) is 0 Å². The average molecular weight is 834 g/mol. The van der Waals surface area contributed by atoms with Crippen LogP contribution in [-0.2, 0) is 25.5 Å². The number of pyridine rings is 2. The van der Waals surface area contributed by atoms with Crippen LogP contribution in [0.1, 0.15) is 45.7 Å². The third-order valence-corrected chi connectivity index (χ3v) is 11.3. The second-order valence-electron chi connectivity index (χ2n) is 12.5. The number of fused-ring (bicyclic) bond motifs is 3. The Labute approximate surface area is 283 Å². The molecule has 0 fully saturated rings. The smallest absolute Gasteiger partial charge is 0 e. The van der Waals surface area contributed by atoms with Crippen LogP contribution in [0.5, 0.6) is 0 Å². The van der Waals surface area contributed by atoms with Crippen LogP contribution in [0, 0.1) is 37.5 Å². The maximum atomic E-state index is 14.2. The van der Waals surface area contributed by atoms with Gasteiger partial charge in [0.2, 0.25) is 0 Å². The summed E-state index contributed by atoms with van der Waals surface area (Å²) in [6.45, 7) is 1.45. The Bertz CT molecular complexity index is 2150. The summed E-state index contributed by atoms with van der Waals surface area (Å²) >= 11 is -2.38. The predicted molar refractivity (Wildman–Crippen MR) is 175 cm³/mol.